The van der Waals surface area contributed by atoms with Gasteiger partial charge in [0.25, 0.3) is 5.56 Å². The number of aromatic nitrogens is 2. The Hall–Kier alpha value is -1.64. The van der Waals surface area contributed by atoms with Crippen LogP contribution in [-0.2, 0) is 37.6 Å². The summed E-state index contributed by atoms with van der Waals surface area (Å²) in [5.41, 5.74) is 1.22. The van der Waals surface area contributed by atoms with Gasteiger partial charge < -0.3 is 5.32 Å². The first-order valence-electron chi connectivity index (χ1n) is 9.55. The maximum atomic E-state index is 12.9. The van der Waals surface area contributed by atoms with Crippen LogP contribution in [0.1, 0.15) is 40.0 Å². The molecule has 3 heterocycles. The molecule has 0 bridgehead atoms. The molecule has 1 amide bonds. The second kappa shape index (κ2) is 8.39. The van der Waals surface area contributed by atoms with Crippen LogP contribution >= 0.6 is 34.4 Å². The van der Waals surface area contributed by atoms with Crippen molar-refractivity contribution < 1.29 is 4.79 Å². The molecule has 0 radical (unpaired) electrons. The van der Waals surface area contributed by atoms with E-state index in [0.29, 0.717) is 11.7 Å². The Bertz CT molecular complexity index is 1080. The van der Waals surface area contributed by atoms with Crippen molar-refractivity contribution in [1.82, 2.24) is 14.9 Å². The first-order valence-corrected chi connectivity index (χ1v) is 12.2. The summed E-state index contributed by atoms with van der Waals surface area (Å²) in [6, 6.07) is 4.17. The molecule has 28 heavy (non-hydrogen) atoms. The van der Waals surface area contributed by atoms with E-state index in [9.17, 15) is 9.59 Å². The highest BCUT2D eigenvalue weighted by molar-refractivity contribution is 7.99. The molecule has 0 spiro atoms. The Morgan fingerprint density at radius 1 is 1.25 bits per heavy atom. The number of carbonyl (C=O) groups is 1. The molecule has 0 saturated heterocycles. The molecule has 0 atom stereocenters. The number of hydrogen-bond acceptors (Lipinski definition) is 6. The number of thioether (sulfide) groups is 1. The predicted molar refractivity (Wildman–Crippen MR) is 118 cm³/mol. The summed E-state index contributed by atoms with van der Waals surface area (Å²) in [5, 5.41) is 4.35. The summed E-state index contributed by atoms with van der Waals surface area (Å²) in [5.74, 6) is 0.208. The van der Waals surface area contributed by atoms with E-state index in [1.54, 1.807) is 34.3 Å². The van der Waals surface area contributed by atoms with Crippen LogP contribution in [0.4, 0.5) is 0 Å². The number of nitrogens with one attached hydrogen (secondary N) is 1. The van der Waals surface area contributed by atoms with Gasteiger partial charge in [-0.05, 0) is 49.8 Å². The third kappa shape index (κ3) is 3.90. The highest BCUT2D eigenvalue weighted by Gasteiger charge is 2.21. The number of rotatable bonds is 6. The fourth-order valence-electron chi connectivity index (χ4n) is 3.47. The van der Waals surface area contributed by atoms with E-state index in [-0.39, 0.29) is 17.2 Å². The number of nitrogens with zero attached hydrogens (tertiary/aromatic N) is 2. The molecule has 148 valence electrons. The Balaban J connectivity index is 1.45. The van der Waals surface area contributed by atoms with Crippen LogP contribution < -0.4 is 10.9 Å². The molecule has 1 aliphatic carbocycles. The van der Waals surface area contributed by atoms with E-state index in [0.717, 1.165) is 40.8 Å². The van der Waals surface area contributed by atoms with Crippen molar-refractivity contribution in [3.8, 4) is 0 Å². The lowest BCUT2D eigenvalue weighted by atomic mass is 9.97. The summed E-state index contributed by atoms with van der Waals surface area (Å²) >= 11 is 4.70. The fraction of sp³-hybridized carbons (Fsp3) is 0.450. The van der Waals surface area contributed by atoms with Gasteiger partial charge in [-0.25, -0.2) is 4.98 Å². The van der Waals surface area contributed by atoms with Crippen LogP contribution in [0.25, 0.3) is 10.2 Å². The number of amides is 1. The van der Waals surface area contributed by atoms with Crippen molar-refractivity contribution in [1.29, 1.82) is 0 Å². The van der Waals surface area contributed by atoms with Gasteiger partial charge in [0, 0.05) is 21.7 Å². The van der Waals surface area contributed by atoms with Gasteiger partial charge in [0.15, 0.2) is 5.16 Å². The largest absolute Gasteiger partial charge is 0.350 e. The number of carbonyl (C=O) groups excluding carboxylic acids is 1. The molecule has 3 aromatic heterocycles. The minimum absolute atomic E-state index is 0.0120. The zero-order chi connectivity index (χ0) is 19.7. The molecule has 1 aliphatic rings. The molecule has 0 aliphatic heterocycles. The summed E-state index contributed by atoms with van der Waals surface area (Å²) in [4.78, 5) is 34.5. The van der Waals surface area contributed by atoms with E-state index >= 15 is 0 Å². The number of aryl methyl sites for hydroxylation is 3. The van der Waals surface area contributed by atoms with Crippen molar-refractivity contribution in [2.45, 2.75) is 50.7 Å². The average Bonchev–Trinajstić information content (AvgIpc) is 3.32. The number of thiophene rings is 2. The van der Waals surface area contributed by atoms with Crippen LogP contribution in [0.15, 0.2) is 22.1 Å². The molecule has 0 fully saturated rings. The summed E-state index contributed by atoms with van der Waals surface area (Å²) in [6.07, 6.45) is 5.37. The zero-order valence-corrected chi connectivity index (χ0v) is 18.5. The lowest BCUT2D eigenvalue weighted by molar-refractivity contribution is -0.118. The molecular weight excluding hydrogens is 410 g/mol. The van der Waals surface area contributed by atoms with E-state index in [1.165, 1.54) is 33.5 Å². The third-order valence-corrected chi connectivity index (χ3v) is 8.46. The van der Waals surface area contributed by atoms with Crippen molar-refractivity contribution in [3.63, 3.8) is 0 Å². The van der Waals surface area contributed by atoms with Crippen LogP contribution in [0.5, 0.6) is 0 Å². The first-order chi connectivity index (χ1) is 13.6. The standard InChI is InChI=1S/C20H23N3O2S3/c1-3-12-8-9-13(27-12)10-21-16(24)11-26-20-22-18-17(19(25)23(20)2)14-6-4-5-7-15(14)28-18/h8-9H,3-7,10-11H2,1-2H3,(H,21,24). The van der Waals surface area contributed by atoms with Gasteiger partial charge >= 0.3 is 0 Å². The minimum atomic E-state index is -0.0451. The molecule has 0 unspecified atom stereocenters. The van der Waals surface area contributed by atoms with Crippen molar-refractivity contribution in [2.75, 3.05) is 5.75 Å². The Morgan fingerprint density at radius 2 is 2.04 bits per heavy atom. The maximum Gasteiger partial charge on any atom is 0.262 e. The van der Waals surface area contributed by atoms with Crippen LogP contribution in [-0.4, -0.2) is 21.2 Å². The van der Waals surface area contributed by atoms with Gasteiger partial charge in [0.1, 0.15) is 4.83 Å². The fourth-order valence-corrected chi connectivity index (χ4v) is 6.47. The second-order valence-electron chi connectivity index (χ2n) is 6.94. The highest BCUT2D eigenvalue weighted by Crippen LogP contribution is 2.34. The third-order valence-electron chi connectivity index (χ3n) is 5.01. The first kappa shape index (κ1) is 19.7. The monoisotopic (exact) mass is 433 g/mol. The Kier molecular flexibility index (Phi) is 5.89. The van der Waals surface area contributed by atoms with Crippen molar-refractivity contribution >= 4 is 50.6 Å². The van der Waals surface area contributed by atoms with Crippen LogP contribution in [0.2, 0.25) is 0 Å². The average molecular weight is 434 g/mol. The molecule has 8 heteroatoms. The summed E-state index contributed by atoms with van der Waals surface area (Å²) in [6.45, 7) is 2.68. The smallest absolute Gasteiger partial charge is 0.262 e. The van der Waals surface area contributed by atoms with Gasteiger partial charge in [-0.2, -0.15) is 0 Å². The predicted octanol–water partition coefficient (Wildman–Crippen LogP) is 3.91. The molecular formula is C20H23N3O2S3. The van der Waals surface area contributed by atoms with E-state index < -0.39 is 0 Å². The van der Waals surface area contributed by atoms with Gasteiger partial charge in [0.05, 0.1) is 17.7 Å². The number of hydrogen-bond donors (Lipinski definition) is 1. The Morgan fingerprint density at radius 3 is 2.82 bits per heavy atom. The summed E-state index contributed by atoms with van der Waals surface area (Å²) < 4.78 is 1.59. The molecule has 0 aromatic carbocycles. The van der Waals surface area contributed by atoms with Gasteiger partial charge in [-0.15, -0.1) is 22.7 Å². The molecule has 4 rings (SSSR count). The van der Waals surface area contributed by atoms with Crippen LogP contribution in [0, 0.1) is 0 Å². The van der Waals surface area contributed by atoms with Gasteiger partial charge in [-0.1, -0.05) is 18.7 Å². The zero-order valence-electron chi connectivity index (χ0n) is 16.0. The molecule has 1 N–H and O–H groups in total. The van der Waals surface area contributed by atoms with Crippen molar-refractivity contribution in [3.05, 3.63) is 42.7 Å². The van der Waals surface area contributed by atoms with Crippen molar-refractivity contribution in [2.24, 2.45) is 7.05 Å². The SMILES string of the molecule is CCc1ccc(CNC(=O)CSc2nc3sc4c(c3c(=O)n2C)CCCC4)s1. The second-order valence-corrected chi connectivity index (χ2v) is 10.2. The topological polar surface area (TPSA) is 64.0 Å². The normalized spacial score (nSPS) is 13.6. The van der Waals surface area contributed by atoms with E-state index in [4.69, 9.17) is 4.98 Å². The molecule has 5 nitrogen and oxygen atoms in total. The van der Waals surface area contributed by atoms with Crippen LogP contribution in [0.3, 0.4) is 0 Å². The number of fused-ring (bicyclic) bond motifs is 3. The Labute approximate surface area is 176 Å². The lowest BCUT2D eigenvalue weighted by Crippen LogP contribution is -2.25. The van der Waals surface area contributed by atoms with Gasteiger partial charge in [0.2, 0.25) is 5.91 Å². The molecule has 3 aromatic rings. The lowest BCUT2D eigenvalue weighted by Gasteiger charge is -2.10. The highest BCUT2D eigenvalue weighted by atomic mass is 32.2. The van der Waals surface area contributed by atoms with E-state index in [1.807, 2.05) is 0 Å². The maximum absolute atomic E-state index is 12.9. The summed E-state index contributed by atoms with van der Waals surface area (Å²) in [7, 11) is 1.75. The minimum Gasteiger partial charge on any atom is -0.350 e. The quantitative estimate of drug-likeness (QED) is 0.473. The molecule has 0 saturated carbocycles. The van der Waals surface area contributed by atoms with Gasteiger partial charge in [-0.3, -0.25) is 14.2 Å². The van der Waals surface area contributed by atoms with E-state index in [2.05, 4.69) is 24.4 Å².